The van der Waals surface area contributed by atoms with Gasteiger partial charge in [-0.1, -0.05) is 13.8 Å². The number of ether oxygens (including phenoxy) is 2. The molecule has 22 heavy (non-hydrogen) atoms. The van der Waals surface area contributed by atoms with Crippen molar-refractivity contribution in [1.29, 1.82) is 0 Å². The molecular weight excluding hydrogens is 284 g/mol. The van der Waals surface area contributed by atoms with Gasteiger partial charge in [-0.15, -0.1) is 0 Å². The summed E-state index contributed by atoms with van der Waals surface area (Å²) >= 11 is 0. The van der Waals surface area contributed by atoms with Gasteiger partial charge in [0.1, 0.15) is 6.61 Å². The Morgan fingerprint density at radius 2 is 1.91 bits per heavy atom. The number of carbonyl (C=O) groups excluding carboxylic acids is 2. The normalized spacial score (nSPS) is 18.1. The van der Waals surface area contributed by atoms with Crippen LogP contribution in [0.2, 0.25) is 0 Å². The lowest BCUT2D eigenvalue weighted by Crippen LogP contribution is -2.44. The molecule has 0 bridgehead atoms. The van der Waals surface area contributed by atoms with Crippen molar-refractivity contribution in [2.75, 3.05) is 53.6 Å². The summed E-state index contributed by atoms with van der Waals surface area (Å²) in [6.45, 7) is 7.44. The van der Waals surface area contributed by atoms with E-state index in [4.69, 9.17) is 9.47 Å². The Labute approximate surface area is 133 Å². The molecule has 1 aliphatic rings. The van der Waals surface area contributed by atoms with Gasteiger partial charge in [-0.2, -0.15) is 0 Å². The van der Waals surface area contributed by atoms with E-state index in [1.54, 1.807) is 0 Å². The van der Waals surface area contributed by atoms with E-state index in [0.29, 0.717) is 45.9 Å². The summed E-state index contributed by atoms with van der Waals surface area (Å²) in [6, 6.07) is 0. The third kappa shape index (κ3) is 6.32. The number of carbonyl (C=O) groups is 2. The molecule has 0 radical (unpaired) electrons. The zero-order valence-electron chi connectivity index (χ0n) is 14.3. The number of morpholine rings is 1. The fourth-order valence-corrected chi connectivity index (χ4v) is 2.48. The van der Waals surface area contributed by atoms with E-state index in [0.717, 1.165) is 6.42 Å². The first-order valence-corrected chi connectivity index (χ1v) is 8.13. The molecule has 0 N–H and O–H groups in total. The highest BCUT2D eigenvalue weighted by molar-refractivity contribution is 5.80. The Kier molecular flexibility index (Phi) is 8.42. The average molecular weight is 314 g/mol. The van der Waals surface area contributed by atoms with Crippen molar-refractivity contribution >= 4 is 11.9 Å². The summed E-state index contributed by atoms with van der Waals surface area (Å²) in [4.78, 5) is 28.3. The fourth-order valence-electron chi connectivity index (χ4n) is 2.48. The van der Waals surface area contributed by atoms with Gasteiger partial charge < -0.3 is 19.3 Å². The zero-order valence-corrected chi connectivity index (χ0v) is 14.3. The van der Waals surface area contributed by atoms with Crippen LogP contribution in [-0.4, -0.2) is 75.2 Å². The quantitative estimate of drug-likeness (QED) is 0.626. The minimum Gasteiger partial charge on any atom is -0.464 e. The summed E-state index contributed by atoms with van der Waals surface area (Å²) in [5.74, 6) is -0.444. The second kappa shape index (κ2) is 9.79. The van der Waals surface area contributed by atoms with Gasteiger partial charge >= 0.3 is 5.97 Å². The van der Waals surface area contributed by atoms with Crippen LogP contribution in [0.1, 0.15) is 26.7 Å². The maximum Gasteiger partial charge on any atom is 0.308 e. The largest absolute Gasteiger partial charge is 0.464 e. The number of rotatable bonds is 8. The Balaban J connectivity index is 2.42. The summed E-state index contributed by atoms with van der Waals surface area (Å²) in [5.41, 5.74) is 0. The first-order chi connectivity index (χ1) is 10.5. The van der Waals surface area contributed by atoms with Crippen LogP contribution < -0.4 is 0 Å². The molecule has 1 heterocycles. The molecule has 1 rings (SSSR count). The van der Waals surface area contributed by atoms with E-state index in [9.17, 15) is 9.59 Å². The van der Waals surface area contributed by atoms with Crippen LogP contribution in [-0.2, 0) is 19.1 Å². The van der Waals surface area contributed by atoms with E-state index >= 15 is 0 Å². The zero-order chi connectivity index (χ0) is 16.5. The minimum atomic E-state index is -0.253. The van der Waals surface area contributed by atoms with Crippen molar-refractivity contribution in [3.63, 3.8) is 0 Å². The molecule has 0 aromatic carbocycles. The van der Waals surface area contributed by atoms with Crippen molar-refractivity contribution in [2.45, 2.75) is 26.7 Å². The maximum absolute atomic E-state index is 12.5. The molecule has 0 aromatic rings. The van der Waals surface area contributed by atoms with Crippen LogP contribution in [0.25, 0.3) is 0 Å². The SMILES string of the molecule is CCC(CC(C)C(=O)OCCN(C)C)C(=O)N1CCOCC1. The van der Waals surface area contributed by atoms with Crippen molar-refractivity contribution in [3.05, 3.63) is 0 Å². The van der Waals surface area contributed by atoms with Gasteiger partial charge in [0.15, 0.2) is 0 Å². The Hall–Kier alpha value is -1.14. The molecular formula is C16H30N2O4. The average Bonchev–Trinajstić information content (AvgIpc) is 2.52. The highest BCUT2D eigenvalue weighted by atomic mass is 16.5. The molecule has 0 aromatic heterocycles. The molecule has 128 valence electrons. The number of amides is 1. The van der Waals surface area contributed by atoms with Crippen LogP contribution in [0.5, 0.6) is 0 Å². The minimum absolute atomic E-state index is 0.116. The molecule has 2 atom stereocenters. The number of nitrogens with zero attached hydrogens (tertiary/aromatic N) is 2. The lowest BCUT2D eigenvalue weighted by molar-refractivity contribution is -0.149. The van der Waals surface area contributed by atoms with Crippen LogP contribution in [0.15, 0.2) is 0 Å². The van der Waals surface area contributed by atoms with Gasteiger partial charge in [0, 0.05) is 25.6 Å². The van der Waals surface area contributed by atoms with E-state index in [-0.39, 0.29) is 23.7 Å². The lowest BCUT2D eigenvalue weighted by atomic mass is 9.92. The summed E-state index contributed by atoms with van der Waals surface area (Å²) in [7, 11) is 3.87. The Morgan fingerprint density at radius 1 is 1.27 bits per heavy atom. The molecule has 0 aliphatic carbocycles. The van der Waals surface area contributed by atoms with Crippen LogP contribution in [0.4, 0.5) is 0 Å². The summed E-state index contributed by atoms with van der Waals surface area (Å²) in [5, 5.41) is 0. The van der Waals surface area contributed by atoms with Gasteiger partial charge in [0.2, 0.25) is 5.91 Å². The Bertz CT molecular complexity index is 354. The van der Waals surface area contributed by atoms with E-state index < -0.39 is 0 Å². The van der Waals surface area contributed by atoms with E-state index in [2.05, 4.69) is 0 Å². The second-order valence-corrected chi connectivity index (χ2v) is 6.15. The summed E-state index contributed by atoms with van der Waals surface area (Å²) in [6.07, 6.45) is 1.29. The lowest BCUT2D eigenvalue weighted by Gasteiger charge is -2.30. The van der Waals surface area contributed by atoms with Crippen LogP contribution >= 0.6 is 0 Å². The molecule has 1 saturated heterocycles. The molecule has 2 unspecified atom stereocenters. The fraction of sp³-hybridized carbons (Fsp3) is 0.875. The molecule has 0 spiro atoms. The van der Waals surface area contributed by atoms with Gasteiger partial charge in [-0.3, -0.25) is 9.59 Å². The molecule has 6 nitrogen and oxygen atoms in total. The Morgan fingerprint density at radius 3 is 2.45 bits per heavy atom. The highest BCUT2D eigenvalue weighted by Crippen LogP contribution is 2.20. The standard InChI is InChI=1S/C16H30N2O4/c1-5-14(15(19)18-7-9-21-10-8-18)12-13(2)16(20)22-11-6-17(3)4/h13-14H,5-12H2,1-4H3. The van der Waals surface area contributed by atoms with Crippen molar-refractivity contribution in [3.8, 4) is 0 Å². The molecule has 0 saturated carbocycles. The maximum atomic E-state index is 12.5. The first-order valence-electron chi connectivity index (χ1n) is 8.13. The topological polar surface area (TPSA) is 59.1 Å². The third-order valence-electron chi connectivity index (χ3n) is 3.99. The van der Waals surface area contributed by atoms with E-state index in [1.165, 1.54) is 0 Å². The first kappa shape index (κ1) is 18.9. The monoisotopic (exact) mass is 314 g/mol. The third-order valence-corrected chi connectivity index (χ3v) is 3.99. The smallest absolute Gasteiger partial charge is 0.308 e. The van der Waals surface area contributed by atoms with Gasteiger partial charge in [0.25, 0.3) is 0 Å². The number of likely N-dealkylation sites (N-methyl/N-ethyl adjacent to an activating group) is 1. The summed E-state index contributed by atoms with van der Waals surface area (Å²) < 4.78 is 10.5. The van der Waals surface area contributed by atoms with Gasteiger partial charge in [0.05, 0.1) is 19.1 Å². The van der Waals surface area contributed by atoms with E-state index in [1.807, 2.05) is 37.7 Å². The number of hydrogen-bond acceptors (Lipinski definition) is 5. The molecule has 1 aliphatic heterocycles. The molecule has 6 heteroatoms. The van der Waals surface area contributed by atoms with Crippen LogP contribution in [0.3, 0.4) is 0 Å². The molecule has 1 amide bonds. The molecule has 1 fully saturated rings. The van der Waals surface area contributed by atoms with Crippen molar-refractivity contribution < 1.29 is 19.1 Å². The van der Waals surface area contributed by atoms with Gasteiger partial charge in [-0.25, -0.2) is 0 Å². The van der Waals surface area contributed by atoms with Crippen molar-refractivity contribution in [2.24, 2.45) is 11.8 Å². The predicted molar refractivity (Wildman–Crippen MR) is 84.5 cm³/mol. The number of hydrogen-bond donors (Lipinski definition) is 0. The van der Waals surface area contributed by atoms with Gasteiger partial charge in [-0.05, 0) is 26.9 Å². The van der Waals surface area contributed by atoms with Crippen LogP contribution in [0, 0.1) is 11.8 Å². The second-order valence-electron chi connectivity index (χ2n) is 6.15. The predicted octanol–water partition coefficient (Wildman–Crippen LogP) is 1.00. The highest BCUT2D eigenvalue weighted by Gasteiger charge is 2.28. The number of esters is 1. The van der Waals surface area contributed by atoms with Crippen molar-refractivity contribution in [1.82, 2.24) is 9.80 Å².